The highest BCUT2D eigenvalue weighted by molar-refractivity contribution is 5.24. The molecule has 0 heterocycles. The van der Waals surface area contributed by atoms with Crippen LogP contribution in [-0.2, 0) is 17.7 Å². The SMILES string of the molecule is NCc1ccc(C(O)COCCCc2ccccc2)cc1. The molecule has 0 spiro atoms. The Labute approximate surface area is 126 Å². The van der Waals surface area contributed by atoms with Gasteiger partial charge in [0.05, 0.1) is 6.61 Å². The summed E-state index contributed by atoms with van der Waals surface area (Å²) < 4.78 is 5.55. The molecule has 3 N–H and O–H groups in total. The van der Waals surface area contributed by atoms with Gasteiger partial charge in [0.2, 0.25) is 0 Å². The normalized spacial score (nSPS) is 12.3. The van der Waals surface area contributed by atoms with Crippen molar-refractivity contribution in [1.82, 2.24) is 0 Å². The molecule has 112 valence electrons. The van der Waals surface area contributed by atoms with E-state index in [9.17, 15) is 5.11 Å². The van der Waals surface area contributed by atoms with E-state index in [4.69, 9.17) is 10.5 Å². The molecule has 0 saturated carbocycles. The lowest BCUT2D eigenvalue weighted by atomic mass is 10.1. The summed E-state index contributed by atoms with van der Waals surface area (Å²) in [4.78, 5) is 0. The summed E-state index contributed by atoms with van der Waals surface area (Å²) in [7, 11) is 0. The number of aryl methyl sites for hydroxylation is 1. The van der Waals surface area contributed by atoms with E-state index >= 15 is 0 Å². The fourth-order valence-corrected chi connectivity index (χ4v) is 2.19. The number of nitrogens with two attached hydrogens (primary N) is 1. The molecule has 2 rings (SSSR count). The van der Waals surface area contributed by atoms with Crippen molar-refractivity contribution in [2.75, 3.05) is 13.2 Å². The first-order valence-corrected chi connectivity index (χ1v) is 7.38. The molecule has 0 fully saturated rings. The molecule has 3 heteroatoms. The molecule has 3 nitrogen and oxygen atoms in total. The van der Waals surface area contributed by atoms with Gasteiger partial charge >= 0.3 is 0 Å². The highest BCUT2D eigenvalue weighted by atomic mass is 16.5. The topological polar surface area (TPSA) is 55.5 Å². The van der Waals surface area contributed by atoms with Crippen molar-refractivity contribution in [3.63, 3.8) is 0 Å². The molecule has 1 unspecified atom stereocenters. The molecule has 1 atom stereocenters. The molecule has 0 aliphatic rings. The van der Waals surface area contributed by atoms with E-state index in [2.05, 4.69) is 12.1 Å². The van der Waals surface area contributed by atoms with Crippen molar-refractivity contribution in [2.45, 2.75) is 25.5 Å². The van der Waals surface area contributed by atoms with Crippen LogP contribution in [0.15, 0.2) is 54.6 Å². The van der Waals surface area contributed by atoms with E-state index in [0.29, 0.717) is 19.8 Å². The van der Waals surface area contributed by atoms with Crippen LogP contribution in [0.5, 0.6) is 0 Å². The predicted octanol–water partition coefficient (Wildman–Crippen LogP) is 2.83. The van der Waals surface area contributed by atoms with Gasteiger partial charge in [-0.3, -0.25) is 0 Å². The molecule has 0 aromatic heterocycles. The van der Waals surface area contributed by atoms with Crippen molar-refractivity contribution in [2.24, 2.45) is 5.73 Å². The van der Waals surface area contributed by atoms with Crippen LogP contribution < -0.4 is 5.73 Å². The van der Waals surface area contributed by atoms with Crippen molar-refractivity contribution in [3.05, 3.63) is 71.3 Å². The first-order valence-electron chi connectivity index (χ1n) is 7.38. The summed E-state index contributed by atoms with van der Waals surface area (Å²) in [6.45, 7) is 1.51. The number of aliphatic hydroxyl groups excluding tert-OH is 1. The molecule has 0 radical (unpaired) electrons. The first-order chi connectivity index (χ1) is 10.3. The Kier molecular flexibility index (Phi) is 6.41. The Morgan fingerprint density at radius 2 is 1.67 bits per heavy atom. The second-order valence-corrected chi connectivity index (χ2v) is 5.13. The maximum atomic E-state index is 10.0. The fourth-order valence-electron chi connectivity index (χ4n) is 2.19. The second-order valence-electron chi connectivity index (χ2n) is 5.13. The van der Waals surface area contributed by atoms with Crippen LogP contribution in [0, 0.1) is 0 Å². The Bertz CT molecular complexity index is 511. The zero-order chi connectivity index (χ0) is 14.9. The maximum absolute atomic E-state index is 10.0. The van der Waals surface area contributed by atoms with Gasteiger partial charge in [-0.05, 0) is 29.5 Å². The third-order valence-corrected chi connectivity index (χ3v) is 3.47. The van der Waals surface area contributed by atoms with Gasteiger partial charge in [0.1, 0.15) is 6.10 Å². The third kappa shape index (κ3) is 5.31. The van der Waals surface area contributed by atoms with E-state index in [1.165, 1.54) is 5.56 Å². The summed E-state index contributed by atoms with van der Waals surface area (Å²) in [6.07, 6.45) is 1.39. The van der Waals surface area contributed by atoms with Gasteiger partial charge in [-0.25, -0.2) is 0 Å². The molecule has 2 aromatic rings. The van der Waals surface area contributed by atoms with E-state index < -0.39 is 6.10 Å². The second kappa shape index (κ2) is 8.57. The minimum Gasteiger partial charge on any atom is -0.386 e. The molecular formula is C18H23NO2. The smallest absolute Gasteiger partial charge is 0.102 e. The molecule has 0 bridgehead atoms. The quantitative estimate of drug-likeness (QED) is 0.733. The number of benzene rings is 2. The summed E-state index contributed by atoms with van der Waals surface area (Å²) in [6, 6.07) is 18.0. The minimum atomic E-state index is -0.575. The molecule has 0 aliphatic heterocycles. The van der Waals surface area contributed by atoms with Crippen molar-refractivity contribution in [1.29, 1.82) is 0 Å². The maximum Gasteiger partial charge on any atom is 0.102 e. The fraction of sp³-hybridized carbons (Fsp3) is 0.333. The molecule has 21 heavy (non-hydrogen) atoms. The Hall–Kier alpha value is -1.68. The van der Waals surface area contributed by atoms with Crippen LogP contribution in [0.1, 0.15) is 29.2 Å². The van der Waals surface area contributed by atoms with Gasteiger partial charge in [0, 0.05) is 13.2 Å². The highest BCUT2D eigenvalue weighted by Gasteiger charge is 2.07. The molecule has 0 amide bonds. The van der Waals surface area contributed by atoms with Gasteiger partial charge in [0.15, 0.2) is 0 Å². The average molecular weight is 285 g/mol. The number of rotatable bonds is 8. The molecule has 0 saturated heterocycles. The predicted molar refractivity (Wildman–Crippen MR) is 84.9 cm³/mol. The van der Waals surface area contributed by atoms with Crippen LogP contribution >= 0.6 is 0 Å². The van der Waals surface area contributed by atoms with Gasteiger partial charge in [0.25, 0.3) is 0 Å². The average Bonchev–Trinajstić information content (AvgIpc) is 2.55. The summed E-state index contributed by atoms with van der Waals surface area (Å²) in [5.74, 6) is 0. The number of aliphatic hydroxyl groups is 1. The van der Waals surface area contributed by atoms with Crippen LogP contribution in [0.4, 0.5) is 0 Å². The number of ether oxygens (including phenoxy) is 1. The largest absolute Gasteiger partial charge is 0.386 e. The summed E-state index contributed by atoms with van der Waals surface area (Å²) in [5, 5.41) is 10.0. The van der Waals surface area contributed by atoms with Crippen LogP contribution in [-0.4, -0.2) is 18.3 Å². The Morgan fingerprint density at radius 1 is 0.952 bits per heavy atom. The highest BCUT2D eigenvalue weighted by Crippen LogP contribution is 2.14. The number of hydrogen-bond donors (Lipinski definition) is 2. The van der Waals surface area contributed by atoms with Gasteiger partial charge in [-0.15, -0.1) is 0 Å². The summed E-state index contributed by atoms with van der Waals surface area (Å²) >= 11 is 0. The van der Waals surface area contributed by atoms with Crippen LogP contribution in [0.3, 0.4) is 0 Å². The van der Waals surface area contributed by atoms with Crippen molar-refractivity contribution >= 4 is 0 Å². The van der Waals surface area contributed by atoms with Crippen LogP contribution in [0.2, 0.25) is 0 Å². The monoisotopic (exact) mass is 285 g/mol. The van der Waals surface area contributed by atoms with E-state index in [0.717, 1.165) is 24.0 Å². The van der Waals surface area contributed by atoms with Crippen molar-refractivity contribution < 1.29 is 9.84 Å². The van der Waals surface area contributed by atoms with Gasteiger partial charge < -0.3 is 15.6 Å². The Balaban J connectivity index is 1.65. The first kappa shape index (κ1) is 15.7. The summed E-state index contributed by atoms with van der Waals surface area (Å²) in [5.41, 5.74) is 8.80. The number of hydrogen-bond acceptors (Lipinski definition) is 3. The Morgan fingerprint density at radius 3 is 2.33 bits per heavy atom. The zero-order valence-corrected chi connectivity index (χ0v) is 12.2. The van der Waals surface area contributed by atoms with E-state index in [-0.39, 0.29) is 0 Å². The third-order valence-electron chi connectivity index (χ3n) is 3.47. The standard InChI is InChI=1S/C18H23NO2/c19-13-16-8-10-17(11-9-16)18(20)14-21-12-4-7-15-5-2-1-3-6-15/h1-3,5-6,8-11,18,20H,4,7,12-14,19H2. The van der Waals surface area contributed by atoms with Crippen molar-refractivity contribution in [3.8, 4) is 0 Å². The molecule has 0 aliphatic carbocycles. The lowest BCUT2D eigenvalue weighted by Crippen LogP contribution is -2.09. The zero-order valence-electron chi connectivity index (χ0n) is 12.2. The van der Waals surface area contributed by atoms with Gasteiger partial charge in [-0.1, -0.05) is 54.6 Å². The molecular weight excluding hydrogens is 262 g/mol. The lowest BCUT2D eigenvalue weighted by molar-refractivity contribution is 0.0352. The van der Waals surface area contributed by atoms with Crippen LogP contribution in [0.25, 0.3) is 0 Å². The van der Waals surface area contributed by atoms with E-state index in [1.807, 2.05) is 42.5 Å². The molecule has 2 aromatic carbocycles. The van der Waals surface area contributed by atoms with Gasteiger partial charge in [-0.2, -0.15) is 0 Å². The minimum absolute atomic E-state index is 0.330. The van der Waals surface area contributed by atoms with E-state index in [1.54, 1.807) is 0 Å². The lowest BCUT2D eigenvalue weighted by Gasteiger charge is -2.12.